The van der Waals surface area contributed by atoms with Crippen LogP contribution in [-0.2, 0) is 16.0 Å². The van der Waals surface area contributed by atoms with Gasteiger partial charge in [-0.05, 0) is 61.6 Å². The summed E-state index contributed by atoms with van der Waals surface area (Å²) in [6.07, 6.45) is 11.3. The van der Waals surface area contributed by atoms with Gasteiger partial charge in [0.1, 0.15) is 5.92 Å². The molecule has 0 unspecified atom stereocenters. The Labute approximate surface area is 250 Å². The summed E-state index contributed by atoms with van der Waals surface area (Å²) in [6, 6.07) is 0. The highest BCUT2D eigenvalue weighted by Crippen LogP contribution is 2.48. The lowest BCUT2D eigenvalue weighted by Crippen LogP contribution is -2.25. The van der Waals surface area contributed by atoms with E-state index in [9.17, 15) is 14.4 Å². The zero-order valence-electron chi connectivity index (χ0n) is 25.6. The molecule has 0 radical (unpaired) electrons. The number of carbonyl (C=O) groups excluding carboxylic acids is 3. The van der Waals surface area contributed by atoms with Gasteiger partial charge >= 0.3 is 5.97 Å². The number of aromatic nitrogens is 3. The smallest absolute Gasteiger partial charge is 0.321 e. The van der Waals surface area contributed by atoms with Crippen LogP contribution in [0.25, 0.3) is 29.9 Å². The van der Waals surface area contributed by atoms with Crippen LogP contribution in [0.4, 0.5) is 0 Å². The average Bonchev–Trinajstić information content (AvgIpc) is 3.74. The van der Waals surface area contributed by atoms with E-state index in [4.69, 9.17) is 4.74 Å². The zero-order valence-corrected chi connectivity index (χ0v) is 25.6. The number of H-pyrrole nitrogens is 3. The summed E-state index contributed by atoms with van der Waals surface area (Å²) in [5, 5.41) is 5.17. The number of hydrogen-bond acceptors (Lipinski definition) is 5. The van der Waals surface area contributed by atoms with Crippen LogP contribution in [0.2, 0.25) is 0 Å². The molecular weight excluding hydrogens is 540 g/mol. The number of aromatic amines is 3. The largest absolute Gasteiger partial charge is 0.468 e. The van der Waals surface area contributed by atoms with Crippen molar-refractivity contribution in [3.05, 3.63) is 84.8 Å². The Morgan fingerprint density at radius 3 is 2.37 bits per heavy atom. The molecule has 8 bridgehead atoms. The van der Waals surface area contributed by atoms with E-state index >= 15 is 0 Å². The highest BCUT2D eigenvalue weighted by Gasteiger charge is 2.48. The minimum absolute atomic E-state index is 0.0800. The van der Waals surface area contributed by atoms with Crippen LogP contribution in [-0.4, -0.2) is 40.1 Å². The number of Topliss-reactive ketones (excluding diaryl/α,β-unsaturated/α-hetero) is 1. The van der Waals surface area contributed by atoms with Crippen molar-refractivity contribution in [3.8, 4) is 0 Å². The van der Waals surface area contributed by atoms with Crippen molar-refractivity contribution in [3.63, 3.8) is 0 Å². The van der Waals surface area contributed by atoms with Crippen LogP contribution in [0.1, 0.15) is 99.4 Å². The van der Waals surface area contributed by atoms with E-state index in [2.05, 4.69) is 53.7 Å². The molecule has 43 heavy (non-hydrogen) atoms. The SMILES string of the molecule is C=Cc1c2[nH]c(c1C)/C=C1\N/C(=C3\c4[nH]c(c(C)c4C(=O)[C@@H]3C(=O)OC)/C=c3\[nH]/c(c(C=O)c3CC)=C\2)[C@@H](CCC)[C@@H]1C. The lowest BCUT2D eigenvalue weighted by atomic mass is 9.85. The minimum Gasteiger partial charge on any atom is -0.468 e. The molecule has 0 spiro atoms. The predicted octanol–water partition coefficient (Wildman–Crippen LogP) is 4.67. The van der Waals surface area contributed by atoms with Gasteiger partial charge in [-0.2, -0.15) is 0 Å². The second-order valence-corrected chi connectivity index (χ2v) is 11.8. The molecule has 8 heteroatoms. The number of ketones is 1. The Balaban J connectivity index is 1.77. The first-order valence-corrected chi connectivity index (χ1v) is 15.0. The van der Waals surface area contributed by atoms with Gasteiger partial charge in [-0.25, -0.2) is 0 Å². The minimum atomic E-state index is -1.04. The summed E-state index contributed by atoms with van der Waals surface area (Å²) >= 11 is 0. The number of allylic oxidation sites excluding steroid dienone is 2. The van der Waals surface area contributed by atoms with Gasteiger partial charge in [0, 0.05) is 67.9 Å². The van der Waals surface area contributed by atoms with Gasteiger partial charge in [-0.15, -0.1) is 0 Å². The zero-order chi connectivity index (χ0) is 30.7. The van der Waals surface area contributed by atoms with E-state index in [1.165, 1.54) is 7.11 Å². The van der Waals surface area contributed by atoms with Gasteiger partial charge in [-0.1, -0.05) is 39.8 Å². The number of aldehydes is 1. The standard InChI is InChI=1S/C35H38N4O4/c1-8-11-21-17(5)24-12-23-16(4)19(9-2)26(36-23)14-28-22(15-40)20(10-3)27(37-28)13-25-18(6)29-33(39-25)30(32(21)38-24)31(34(29)41)35(42)43-7/h9,12-15,17,21,31,36-39H,2,8,10-11H2,1,3-7H3/b24-12-,27-13-,28-14-,32-30-/t17-,21-,31+/m0/s1. The predicted molar refractivity (Wildman–Crippen MR) is 169 cm³/mol. The van der Waals surface area contributed by atoms with Gasteiger partial charge in [0.15, 0.2) is 12.1 Å². The molecule has 5 heterocycles. The number of methoxy groups -OCH3 is 1. The van der Waals surface area contributed by atoms with Gasteiger partial charge in [0.25, 0.3) is 0 Å². The third kappa shape index (κ3) is 4.14. The van der Waals surface area contributed by atoms with Crippen LogP contribution in [0.5, 0.6) is 0 Å². The first-order valence-electron chi connectivity index (χ1n) is 15.0. The Kier molecular flexibility index (Phi) is 7.03. The van der Waals surface area contributed by atoms with Crippen LogP contribution in [0.15, 0.2) is 18.0 Å². The summed E-state index contributed by atoms with van der Waals surface area (Å²) in [4.78, 5) is 50.2. The maximum atomic E-state index is 14.0. The first-order chi connectivity index (χ1) is 20.7. The quantitative estimate of drug-likeness (QED) is 0.193. The second kappa shape index (κ2) is 10.6. The Morgan fingerprint density at radius 2 is 1.72 bits per heavy atom. The van der Waals surface area contributed by atoms with E-state index in [-0.39, 0.29) is 17.6 Å². The molecule has 6 rings (SSSR count). The molecule has 3 aromatic heterocycles. The van der Waals surface area contributed by atoms with Crippen molar-refractivity contribution in [2.45, 2.75) is 53.9 Å². The summed E-state index contributed by atoms with van der Waals surface area (Å²) < 4.78 is 5.19. The average molecular weight is 579 g/mol. The van der Waals surface area contributed by atoms with Crippen LogP contribution < -0.4 is 16.0 Å². The fourth-order valence-electron chi connectivity index (χ4n) is 7.26. The fourth-order valence-corrected chi connectivity index (χ4v) is 7.26. The van der Waals surface area contributed by atoms with Gasteiger partial charge in [-0.3, -0.25) is 14.4 Å². The molecular formula is C35H38N4O4. The lowest BCUT2D eigenvalue weighted by Gasteiger charge is -2.19. The summed E-state index contributed by atoms with van der Waals surface area (Å²) in [5.74, 6) is -1.67. The molecule has 3 aromatic rings. The number of hydrogen-bond donors (Lipinski definition) is 4. The third-order valence-electron chi connectivity index (χ3n) is 9.56. The van der Waals surface area contributed by atoms with Gasteiger partial charge in [0.05, 0.1) is 18.2 Å². The summed E-state index contributed by atoms with van der Waals surface area (Å²) in [7, 11) is 1.33. The van der Waals surface area contributed by atoms with E-state index in [1.807, 2.05) is 32.1 Å². The lowest BCUT2D eigenvalue weighted by molar-refractivity contribution is -0.141. The molecule has 1 aliphatic carbocycles. The van der Waals surface area contributed by atoms with Gasteiger partial charge < -0.3 is 25.0 Å². The maximum Gasteiger partial charge on any atom is 0.321 e. The molecule has 8 nitrogen and oxygen atoms in total. The monoisotopic (exact) mass is 578 g/mol. The maximum absolute atomic E-state index is 14.0. The van der Waals surface area contributed by atoms with Crippen molar-refractivity contribution in [1.29, 1.82) is 0 Å². The molecule has 1 fully saturated rings. The molecule has 0 saturated carbocycles. The highest BCUT2D eigenvalue weighted by atomic mass is 16.5. The summed E-state index contributed by atoms with van der Waals surface area (Å²) in [6.45, 7) is 14.4. The van der Waals surface area contributed by atoms with Crippen molar-refractivity contribution in [2.75, 3.05) is 7.11 Å². The Bertz CT molecular complexity index is 1910. The number of rotatable bonds is 6. The molecule has 3 aliphatic rings. The van der Waals surface area contributed by atoms with Crippen molar-refractivity contribution < 1.29 is 19.1 Å². The molecule has 4 N–H and O–H groups in total. The number of nitrogens with one attached hydrogen (secondary N) is 4. The number of carbonyl (C=O) groups is 3. The van der Waals surface area contributed by atoms with Gasteiger partial charge in [0.2, 0.25) is 0 Å². The number of esters is 1. The third-order valence-corrected chi connectivity index (χ3v) is 9.56. The number of fused-ring (bicyclic) bond motifs is 7. The Morgan fingerprint density at radius 1 is 1.00 bits per heavy atom. The van der Waals surface area contributed by atoms with Crippen LogP contribution in [0.3, 0.4) is 0 Å². The fraction of sp³-hybridized carbons (Fsp3) is 0.343. The molecule has 0 amide bonds. The summed E-state index contributed by atoms with van der Waals surface area (Å²) in [5.41, 5.74) is 10.5. The van der Waals surface area contributed by atoms with E-state index < -0.39 is 11.9 Å². The molecule has 222 valence electrons. The van der Waals surface area contributed by atoms with Crippen LogP contribution in [0, 0.1) is 31.6 Å². The van der Waals surface area contributed by atoms with E-state index in [0.717, 1.165) is 75.2 Å². The molecule has 1 saturated heterocycles. The molecule has 3 atom stereocenters. The first kappa shape index (κ1) is 28.5. The Hall–Kier alpha value is -4.59. The van der Waals surface area contributed by atoms with E-state index in [1.54, 1.807) is 0 Å². The highest BCUT2D eigenvalue weighted by molar-refractivity contribution is 6.24. The topological polar surface area (TPSA) is 120 Å². The van der Waals surface area contributed by atoms with Crippen molar-refractivity contribution >= 4 is 47.9 Å². The van der Waals surface area contributed by atoms with Crippen LogP contribution >= 0.6 is 0 Å². The van der Waals surface area contributed by atoms with Crippen molar-refractivity contribution in [2.24, 2.45) is 17.8 Å². The molecule has 0 aromatic carbocycles. The van der Waals surface area contributed by atoms with E-state index in [0.29, 0.717) is 34.2 Å². The normalized spacial score (nSPS) is 24.8. The number of ether oxygens (including phenoxy) is 1. The van der Waals surface area contributed by atoms with Crippen molar-refractivity contribution in [1.82, 2.24) is 20.3 Å². The molecule has 2 aliphatic heterocycles. The second-order valence-electron chi connectivity index (χ2n) is 11.8.